The van der Waals surface area contributed by atoms with E-state index in [1.54, 1.807) is 0 Å². The maximum Gasteiger partial charge on any atom is 0.231 e. The van der Waals surface area contributed by atoms with Crippen LogP contribution in [0.1, 0.15) is 18.4 Å². The van der Waals surface area contributed by atoms with E-state index in [2.05, 4.69) is 10.6 Å². The Balaban J connectivity index is 1.37. The second kappa shape index (κ2) is 6.76. The van der Waals surface area contributed by atoms with Crippen molar-refractivity contribution < 1.29 is 22.7 Å². The van der Waals surface area contributed by atoms with E-state index in [4.69, 9.17) is 9.47 Å². The molecule has 0 radical (unpaired) electrons. The number of carbonyl (C=O) groups is 1. The summed E-state index contributed by atoms with van der Waals surface area (Å²) in [6.45, 7) is 1.13. The summed E-state index contributed by atoms with van der Waals surface area (Å²) in [5.41, 5.74) is 0.942. The maximum atomic E-state index is 11.8. The van der Waals surface area contributed by atoms with Gasteiger partial charge in [-0.2, -0.15) is 0 Å². The molecule has 1 aromatic carbocycles. The molecule has 2 aliphatic heterocycles. The van der Waals surface area contributed by atoms with Gasteiger partial charge in [-0.15, -0.1) is 0 Å². The smallest absolute Gasteiger partial charge is 0.231 e. The Morgan fingerprint density at radius 1 is 1.26 bits per heavy atom. The van der Waals surface area contributed by atoms with E-state index >= 15 is 0 Å². The first-order chi connectivity index (χ1) is 11.0. The molecule has 1 atom stereocenters. The van der Waals surface area contributed by atoms with E-state index in [-0.39, 0.29) is 30.2 Å². The molecule has 0 bridgehead atoms. The summed E-state index contributed by atoms with van der Waals surface area (Å²) in [6, 6.07) is 5.53. The molecular weight excluding hydrogens is 320 g/mol. The van der Waals surface area contributed by atoms with Crippen LogP contribution in [0, 0.1) is 0 Å². The van der Waals surface area contributed by atoms with Crippen LogP contribution in [0.2, 0.25) is 0 Å². The van der Waals surface area contributed by atoms with Gasteiger partial charge in [0.25, 0.3) is 0 Å². The van der Waals surface area contributed by atoms with Gasteiger partial charge in [0.15, 0.2) is 21.3 Å². The summed E-state index contributed by atoms with van der Waals surface area (Å²) in [7, 11) is -2.88. The average molecular weight is 340 g/mol. The predicted octanol–water partition coefficient (Wildman–Crippen LogP) is 0.198. The zero-order valence-corrected chi connectivity index (χ0v) is 13.5. The summed E-state index contributed by atoms with van der Waals surface area (Å²) in [5, 5.41) is 5.96. The van der Waals surface area contributed by atoms with Crippen LogP contribution in [-0.2, 0) is 21.2 Å². The fourth-order valence-electron chi connectivity index (χ4n) is 2.69. The van der Waals surface area contributed by atoms with Crippen molar-refractivity contribution in [3.05, 3.63) is 23.8 Å². The van der Waals surface area contributed by atoms with Crippen molar-refractivity contribution >= 4 is 15.7 Å². The van der Waals surface area contributed by atoms with Crippen LogP contribution >= 0.6 is 0 Å². The molecule has 0 aromatic heterocycles. The van der Waals surface area contributed by atoms with E-state index in [0.29, 0.717) is 31.7 Å². The van der Waals surface area contributed by atoms with Gasteiger partial charge >= 0.3 is 0 Å². The molecule has 8 heteroatoms. The summed E-state index contributed by atoms with van der Waals surface area (Å²) in [4.78, 5) is 11.8. The minimum atomic E-state index is -2.88. The second-order valence-corrected chi connectivity index (χ2v) is 8.00. The second-order valence-electron chi connectivity index (χ2n) is 5.77. The standard InChI is InChI=1S/C15H20N2O5S/c18-15(3-5-16-12-4-6-23(19,20)9-12)17-8-11-1-2-13-14(7-11)22-10-21-13/h1-2,7,12,16H,3-6,8-10H2,(H,17,18). The molecule has 2 N–H and O–H groups in total. The van der Waals surface area contributed by atoms with Crippen LogP contribution in [0.5, 0.6) is 11.5 Å². The Kier molecular flexibility index (Phi) is 4.72. The normalized spacial score (nSPS) is 21.3. The number of carbonyl (C=O) groups excluding carboxylic acids is 1. The number of amides is 1. The van der Waals surface area contributed by atoms with Crippen molar-refractivity contribution in [3.63, 3.8) is 0 Å². The highest BCUT2D eigenvalue weighted by molar-refractivity contribution is 7.91. The van der Waals surface area contributed by atoms with Crippen molar-refractivity contribution in [2.75, 3.05) is 24.8 Å². The van der Waals surface area contributed by atoms with Gasteiger partial charge in [0, 0.05) is 25.6 Å². The number of hydrogen-bond donors (Lipinski definition) is 2. The Morgan fingerprint density at radius 3 is 2.87 bits per heavy atom. The molecule has 1 fully saturated rings. The Labute approximate surface area is 135 Å². The number of nitrogens with one attached hydrogen (secondary N) is 2. The lowest BCUT2D eigenvalue weighted by Crippen LogP contribution is -2.34. The third kappa shape index (κ3) is 4.35. The van der Waals surface area contributed by atoms with Crippen molar-refractivity contribution in [3.8, 4) is 11.5 Å². The van der Waals surface area contributed by atoms with E-state index in [1.807, 2.05) is 18.2 Å². The van der Waals surface area contributed by atoms with Crippen LogP contribution < -0.4 is 20.1 Å². The monoisotopic (exact) mass is 340 g/mol. The summed E-state index contributed by atoms with van der Waals surface area (Å²) in [5.74, 6) is 1.75. The van der Waals surface area contributed by atoms with Crippen LogP contribution in [0.4, 0.5) is 0 Å². The number of sulfone groups is 1. The number of ether oxygens (including phenoxy) is 2. The highest BCUT2D eigenvalue weighted by atomic mass is 32.2. The highest BCUT2D eigenvalue weighted by Gasteiger charge is 2.27. The van der Waals surface area contributed by atoms with Gasteiger partial charge in [-0.05, 0) is 24.1 Å². The van der Waals surface area contributed by atoms with Crippen molar-refractivity contribution in [1.82, 2.24) is 10.6 Å². The van der Waals surface area contributed by atoms with Gasteiger partial charge in [0.05, 0.1) is 11.5 Å². The zero-order valence-electron chi connectivity index (χ0n) is 12.7. The average Bonchev–Trinajstić information content (AvgIpc) is 3.10. The van der Waals surface area contributed by atoms with Crippen molar-refractivity contribution in [2.24, 2.45) is 0 Å². The van der Waals surface area contributed by atoms with Gasteiger partial charge in [-0.3, -0.25) is 4.79 Å². The molecule has 1 unspecified atom stereocenters. The molecule has 0 saturated carbocycles. The minimum absolute atomic E-state index is 0.0262. The Hall–Kier alpha value is -1.80. The molecule has 7 nitrogen and oxygen atoms in total. The summed E-state index contributed by atoms with van der Waals surface area (Å²) in [6.07, 6.45) is 0.947. The topological polar surface area (TPSA) is 93.7 Å². The van der Waals surface area contributed by atoms with Crippen molar-refractivity contribution in [1.29, 1.82) is 0 Å². The van der Waals surface area contributed by atoms with E-state index in [1.165, 1.54) is 0 Å². The Morgan fingerprint density at radius 2 is 2.09 bits per heavy atom. The zero-order chi connectivity index (χ0) is 16.3. The third-order valence-electron chi connectivity index (χ3n) is 3.94. The fraction of sp³-hybridized carbons (Fsp3) is 0.533. The number of rotatable bonds is 6. The van der Waals surface area contributed by atoms with E-state index < -0.39 is 9.84 Å². The first-order valence-corrected chi connectivity index (χ1v) is 9.43. The first-order valence-electron chi connectivity index (χ1n) is 7.61. The van der Waals surface area contributed by atoms with Crippen LogP contribution in [0.15, 0.2) is 18.2 Å². The van der Waals surface area contributed by atoms with Crippen LogP contribution in [0.25, 0.3) is 0 Å². The number of fused-ring (bicyclic) bond motifs is 1. The molecule has 0 spiro atoms. The molecule has 1 amide bonds. The molecular formula is C15H20N2O5S. The fourth-order valence-corrected chi connectivity index (χ4v) is 4.39. The van der Waals surface area contributed by atoms with Crippen molar-refractivity contribution in [2.45, 2.75) is 25.4 Å². The maximum absolute atomic E-state index is 11.8. The van der Waals surface area contributed by atoms with Gasteiger partial charge in [0.1, 0.15) is 0 Å². The van der Waals surface area contributed by atoms with Gasteiger partial charge in [0.2, 0.25) is 12.7 Å². The van der Waals surface area contributed by atoms with Gasteiger partial charge in [-0.1, -0.05) is 6.07 Å². The number of hydrogen-bond acceptors (Lipinski definition) is 6. The van der Waals surface area contributed by atoms with Gasteiger partial charge in [-0.25, -0.2) is 8.42 Å². The lowest BCUT2D eigenvalue weighted by molar-refractivity contribution is -0.121. The molecule has 2 heterocycles. The van der Waals surface area contributed by atoms with Gasteiger partial charge < -0.3 is 20.1 Å². The lowest BCUT2D eigenvalue weighted by atomic mass is 10.2. The molecule has 0 aliphatic carbocycles. The molecule has 3 rings (SSSR count). The summed E-state index contributed by atoms with van der Waals surface area (Å²) < 4.78 is 33.2. The molecule has 1 saturated heterocycles. The first kappa shape index (κ1) is 16.1. The molecule has 23 heavy (non-hydrogen) atoms. The molecule has 126 valence electrons. The predicted molar refractivity (Wildman–Crippen MR) is 84.1 cm³/mol. The van der Waals surface area contributed by atoms with E-state index in [0.717, 1.165) is 11.3 Å². The van der Waals surface area contributed by atoms with Crippen LogP contribution in [0.3, 0.4) is 0 Å². The van der Waals surface area contributed by atoms with Crippen LogP contribution in [-0.4, -0.2) is 45.2 Å². The molecule has 1 aromatic rings. The largest absolute Gasteiger partial charge is 0.454 e. The lowest BCUT2D eigenvalue weighted by Gasteiger charge is -2.10. The number of benzene rings is 1. The SMILES string of the molecule is O=C(CCNC1CCS(=O)(=O)C1)NCc1ccc2c(c1)OCO2. The minimum Gasteiger partial charge on any atom is -0.454 e. The third-order valence-corrected chi connectivity index (χ3v) is 5.71. The highest BCUT2D eigenvalue weighted by Crippen LogP contribution is 2.32. The van der Waals surface area contributed by atoms with E-state index in [9.17, 15) is 13.2 Å². The summed E-state index contributed by atoms with van der Waals surface area (Å²) >= 11 is 0. The molecule has 2 aliphatic rings. The Bertz CT molecular complexity index is 689. The quantitative estimate of drug-likeness (QED) is 0.768.